The number of nitrogens with two attached hydrogens (primary N) is 1. The summed E-state index contributed by atoms with van der Waals surface area (Å²) in [6.07, 6.45) is 7.33. The second-order valence-electron chi connectivity index (χ2n) is 13.1. The molecule has 0 spiro atoms. The molecule has 2 amide bonds. The molecule has 220 valence electrons. The van der Waals surface area contributed by atoms with Crippen molar-refractivity contribution in [3.8, 4) is 22.4 Å². The van der Waals surface area contributed by atoms with Crippen LogP contribution in [-0.2, 0) is 15.1 Å². The summed E-state index contributed by atoms with van der Waals surface area (Å²) in [7, 11) is 1.94. The highest BCUT2D eigenvalue weighted by Gasteiger charge is 2.49. The average Bonchev–Trinajstić information content (AvgIpc) is 3.82. The van der Waals surface area contributed by atoms with Gasteiger partial charge in [0.25, 0.3) is 0 Å². The van der Waals surface area contributed by atoms with Crippen molar-refractivity contribution in [3.63, 3.8) is 0 Å². The van der Waals surface area contributed by atoms with E-state index in [2.05, 4.69) is 15.5 Å². The number of rotatable bonds is 8. The van der Waals surface area contributed by atoms with Gasteiger partial charge in [-0.25, -0.2) is 0 Å². The molecule has 0 saturated heterocycles. The first-order chi connectivity index (χ1) is 20.1. The van der Waals surface area contributed by atoms with Crippen LogP contribution in [0.2, 0.25) is 0 Å². The Bertz CT molecular complexity index is 1440. The zero-order valence-electron chi connectivity index (χ0n) is 24.6. The monoisotopic (exact) mass is 567 g/mol. The normalized spacial score (nSPS) is 27.1. The molecule has 3 fully saturated rings. The minimum Gasteiger partial charge on any atom is -0.390 e. The van der Waals surface area contributed by atoms with Gasteiger partial charge in [0.15, 0.2) is 5.82 Å². The smallest absolute Gasteiger partial charge is 0.225 e. The molecule has 1 heterocycles. The van der Waals surface area contributed by atoms with E-state index in [1.165, 1.54) is 0 Å². The highest BCUT2D eigenvalue weighted by Crippen LogP contribution is 2.46. The molecule has 3 aromatic rings. The maximum atomic E-state index is 13.0. The lowest BCUT2D eigenvalue weighted by molar-refractivity contribution is -0.134. The number of carbonyl (C=O) groups is 2. The van der Waals surface area contributed by atoms with E-state index in [4.69, 9.17) is 5.73 Å². The van der Waals surface area contributed by atoms with Crippen LogP contribution in [0.1, 0.15) is 70.3 Å². The van der Waals surface area contributed by atoms with Crippen molar-refractivity contribution >= 4 is 17.6 Å². The van der Waals surface area contributed by atoms with E-state index in [0.29, 0.717) is 36.9 Å². The van der Waals surface area contributed by atoms with Gasteiger partial charge in [0.2, 0.25) is 11.8 Å². The predicted molar refractivity (Wildman–Crippen MR) is 163 cm³/mol. The Morgan fingerprint density at radius 2 is 1.62 bits per heavy atom. The second kappa shape index (κ2) is 11.2. The van der Waals surface area contributed by atoms with E-state index >= 15 is 0 Å². The quantitative estimate of drug-likeness (QED) is 0.341. The molecule has 1 aromatic heterocycles. The van der Waals surface area contributed by atoms with Gasteiger partial charge in [-0.1, -0.05) is 54.6 Å². The number of carbonyl (C=O) groups excluding carboxylic acids is 2. The third-order valence-electron chi connectivity index (χ3n) is 9.38. The van der Waals surface area contributed by atoms with Gasteiger partial charge in [0.05, 0.1) is 5.60 Å². The lowest BCUT2D eigenvalue weighted by Crippen LogP contribution is -2.58. The number of hydrogen-bond acceptors (Lipinski definition) is 6. The van der Waals surface area contributed by atoms with Crippen molar-refractivity contribution in [3.05, 3.63) is 66.2 Å². The molecule has 4 N–H and O–H groups in total. The molecule has 0 bridgehead atoms. The fourth-order valence-electron chi connectivity index (χ4n) is 6.97. The Labute approximate surface area is 247 Å². The first-order valence-electron chi connectivity index (χ1n) is 15.2. The van der Waals surface area contributed by atoms with Crippen LogP contribution in [0.5, 0.6) is 0 Å². The minimum atomic E-state index is -0.717. The first kappa shape index (κ1) is 28.5. The summed E-state index contributed by atoms with van der Waals surface area (Å²) in [5, 5.41) is 22.2. The molecule has 0 atom stereocenters. The van der Waals surface area contributed by atoms with Crippen molar-refractivity contribution in [1.29, 1.82) is 0 Å². The van der Waals surface area contributed by atoms with Crippen LogP contribution in [0.3, 0.4) is 0 Å². The standard InChI is InChI=1S/C34H41N5O3/c1-33(42)20-34(35,21-33)26-14-12-24(13-15-26)31-28(23-6-4-3-5-7-23)19-29(37-38-31)36-30(40)18-22-8-16-27(17-9-22)39(2)32(41)25-10-11-25/h3-7,12-15,19,22,25,27,42H,8-11,16-18,20-21,35H2,1-2H3,(H,36,37,40). The molecular weight excluding hydrogens is 526 g/mol. The lowest BCUT2D eigenvalue weighted by Gasteiger charge is -2.49. The topological polar surface area (TPSA) is 121 Å². The number of aromatic nitrogens is 2. The van der Waals surface area contributed by atoms with Gasteiger partial charge in [-0.05, 0) is 81.4 Å². The summed E-state index contributed by atoms with van der Waals surface area (Å²) in [6.45, 7) is 1.82. The maximum absolute atomic E-state index is 13.0. The van der Waals surface area contributed by atoms with Crippen LogP contribution in [0.15, 0.2) is 60.7 Å². The van der Waals surface area contributed by atoms with Crippen molar-refractivity contribution in [2.24, 2.45) is 17.6 Å². The van der Waals surface area contributed by atoms with E-state index in [9.17, 15) is 14.7 Å². The molecule has 42 heavy (non-hydrogen) atoms. The zero-order valence-corrected chi connectivity index (χ0v) is 24.6. The van der Waals surface area contributed by atoms with Crippen LogP contribution in [-0.4, -0.2) is 50.7 Å². The van der Waals surface area contributed by atoms with Crippen LogP contribution < -0.4 is 11.1 Å². The number of benzene rings is 2. The molecule has 0 unspecified atom stereocenters. The number of nitrogens with one attached hydrogen (secondary N) is 1. The van der Waals surface area contributed by atoms with Gasteiger partial charge in [-0.15, -0.1) is 10.2 Å². The third kappa shape index (κ3) is 6.10. The van der Waals surface area contributed by atoms with Crippen LogP contribution in [0, 0.1) is 11.8 Å². The molecule has 0 aliphatic heterocycles. The van der Waals surface area contributed by atoms with Crippen molar-refractivity contribution in [2.45, 2.75) is 81.9 Å². The second-order valence-corrected chi connectivity index (χ2v) is 13.1. The maximum Gasteiger partial charge on any atom is 0.225 e. The summed E-state index contributed by atoms with van der Waals surface area (Å²) in [5.41, 5.74) is 9.79. The number of anilines is 1. The molecule has 3 aliphatic carbocycles. The molecule has 8 nitrogen and oxygen atoms in total. The Kier molecular flexibility index (Phi) is 7.62. The Balaban J connectivity index is 1.13. The number of amides is 2. The zero-order chi connectivity index (χ0) is 29.5. The fourth-order valence-corrected chi connectivity index (χ4v) is 6.97. The van der Waals surface area contributed by atoms with Crippen LogP contribution in [0.25, 0.3) is 22.4 Å². The van der Waals surface area contributed by atoms with Crippen molar-refractivity contribution < 1.29 is 14.7 Å². The molecule has 0 radical (unpaired) electrons. The Hall–Kier alpha value is -3.62. The van der Waals surface area contributed by atoms with E-state index in [-0.39, 0.29) is 17.9 Å². The third-order valence-corrected chi connectivity index (χ3v) is 9.38. The molecule has 6 rings (SSSR count). The number of aliphatic hydroxyl groups is 1. The Morgan fingerprint density at radius 1 is 0.952 bits per heavy atom. The Morgan fingerprint density at radius 3 is 2.24 bits per heavy atom. The van der Waals surface area contributed by atoms with Gasteiger partial charge in [0.1, 0.15) is 5.69 Å². The van der Waals surface area contributed by atoms with E-state index in [0.717, 1.165) is 66.5 Å². The number of hydrogen-bond donors (Lipinski definition) is 3. The number of nitrogens with zero attached hydrogens (tertiary/aromatic N) is 3. The SMILES string of the molecule is CN(C(=O)C1CC1)C1CCC(CC(=O)Nc2cc(-c3ccccc3)c(-c3ccc(C4(N)CC(C)(O)C4)cc3)nn2)CC1. The van der Waals surface area contributed by atoms with Gasteiger partial charge in [-0.2, -0.15) is 0 Å². The van der Waals surface area contributed by atoms with Crippen molar-refractivity contribution in [1.82, 2.24) is 15.1 Å². The molecule has 3 saturated carbocycles. The van der Waals surface area contributed by atoms with Gasteiger partial charge in [-0.3, -0.25) is 9.59 Å². The lowest BCUT2D eigenvalue weighted by atomic mass is 9.63. The summed E-state index contributed by atoms with van der Waals surface area (Å²) in [4.78, 5) is 27.4. The summed E-state index contributed by atoms with van der Waals surface area (Å²) < 4.78 is 0. The summed E-state index contributed by atoms with van der Waals surface area (Å²) in [5.74, 6) is 1.21. The van der Waals surface area contributed by atoms with Crippen molar-refractivity contribution in [2.75, 3.05) is 12.4 Å². The summed E-state index contributed by atoms with van der Waals surface area (Å²) in [6, 6.07) is 20.2. The van der Waals surface area contributed by atoms with E-state index < -0.39 is 11.1 Å². The van der Waals surface area contributed by atoms with Crippen LogP contribution >= 0.6 is 0 Å². The highest BCUT2D eigenvalue weighted by atomic mass is 16.3. The van der Waals surface area contributed by atoms with Gasteiger partial charge < -0.3 is 21.1 Å². The van der Waals surface area contributed by atoms with E-state index in [1.54, 1.807) is 0 Å². The predicted octanol–water partition coefficient (Wildman–Crippen LogP) is 5.27. The molecule has 3 aliphatic rings. The first-order valence-corrected chi connectivity index (χ1v) is 15.2. The molecular formula is C34H41N5O3. The average molecular weight is 568 g/mol. The van der Waals surface area contributed by atoms with Gasteiger partial charge >= 0.3 is 0 Å². The van der Waals surface area contributed by atoms with E-state index in [1.807, 2.05) is 79.5 Å². The summed E-state index contributed by atoms with van der Waals surface area (Å²) >= 11 is 0. The molecule has 2 aromatic carbocycles. The molecule has 8 heteroatoms. The van der Waals surface area contributed by atoms with Crippen LogP contribution in [0.4, 0.5) is 5.82 Å². The minimum absolute atomic E-state index is 0.0594. The largest absolute Gasteiger partial charge is 0.390 e. The van der Waals surface area contributed by atoms with Gasteiger partial charge in [0, 0.05) is 42.1 Å². The fraction of sp³-hybridized carbons (Fsp3) is 0.471. The highest BCUT2D eigenvalue weighted by molar-refractivity contribution is 5.91.